The summed E-state index contributed by atoms with van der Waals surface area (Å²) in [5.74, 6) is 0.0874. The van der Waals surface area contributed by atoms with Gasteiger partial charge in [-0.25, -0.2) is 9.79 Å². The first kappa shape index (κ1) is 20.8. The van der Waals surface area contributed by atoms with E-state index in [9.17, 15) is 9.59 Å². The molecule has 0 fully saturated rings. The maximum Gasteiger partial charge on any atom is 0.363 e. The summed E-state index contributed by atoms with van der Waals surface area (Å²) in [6.07, 6.45) is 1.62. The average molecular weight is 603 g/mol. The Morgan fingerprint density at radius 1 is 1.21 bits per heavy atom. The van der Waals surface area contributed by atoms with E-state index in [1.165, 1.54) is 6.92 Å². The molecule has 0 saturated heterocycles. The minimum Gasteiger partial charge on any atom is -0.490 e. The summed E-state index contributed by atoms with van der Waals surface area (Å²) in [5.41, 5.74) is 1.60. The van der Waals surface area contributed by atoms with Gasteiger partial charge in [-0.15, -0.1) is 0 Å². The Morgan fingerprint density at radius 2 is 1.93 bits per heavy atom. The number of ether oxygens (including phenoxy) is 3. The Labute approximate surface area is 189 Å². The van der Waals surface area contributed by atoms with Crippen LogP contribution in [0.15, 0.2) is 47.1 Å². The Bertz CT molecular complexity index is 996. The molecule has 0 N–H and O–H groups in total. The van der Waals surface area contributed by atoms with E-state index in [0.29, 0.717) is 27.2 Å². The van der Waals surface area contributed by atoms with Crippen molar-refractivity contribution in [2.45, 2.75) is 13.8 Å². The predicted molar refractivity (Wildman–Crippen MR) is 121 cm³/mol. The van der Waals surface area contributed by atoms with Crippen LogP contribution in [0.3, 0.4) is 0 Å². The van der Waals surface area contributed by atoms with Crippen molar-refractivity contribution in [3.8, 4) is 11.5 Å². The van der Waals surface area contributed by atoms with E-state index < -0.39 is 11.9 Å². The lowest BCUT2D eigenvalue weighted by molar-refractivity contribution is -0.132. The van der Waals surface area contributed by atoms with E-state index in [0.717, 1.165) is 9.13 Å². The molecular weight excluding hydrogens is 588 g/mol. The Hall–Kier alpha value is -1.95. The van der Waals surface area contributed by atoms with Crippen molar-refractivity contribution >= 4 is 69.1 Å². The van der Waals surface area contributed by atoms with Gasteiger partial charge in [-0.2, -0.15) is 0 Å². The summed E-state index contributed by atoms with van der Waals surface area (Å²) in [7, 11) is 0. The number of cyclic esters (lactones) is 1. The molecule has 0 bridgehead atoms. The highest BCUT2D eigenvalue weighted by molar-refractivity contribution is 14.1. The van der Waals surface area contributed by atoms with Gasteiger partial charge in [-0.05, 0) is 100 Å². The largest absolute Gasteiger partial charge is 0.490 e. The molecule has 0 aromatic heterocycles. The van der Waals surface area contributed by atoms with Gasteiger partial charge in [-0.1, -0.05) is 0 Å². The number of halogens is 2. The first-order valence-electron chi connectivity index (χ1n) is 8.30. The van der Waals surface area contributed by atoms with Crippen LogP contribution in [0.4, 0.5) is 0 Å². The Morgan fingerprint density at radius 3 is 2.57 bits per heavy atom. The average Bonchev–Trinajstić information content (AvgIpc) is 2.99. The van der Waals surface area contributed by atoms with Crippen LogP contribution in [-0.2, 0) is 14.3 Å². The molecule has 0 amide bonds. The van der Waals surface area contributed by atoms with E-state index in [2.05, 4.69) is 50.2 Å². The van der Waals surface area contributed by atoms with Crippen LogP contribution in [0.5, 0.6) is 11.5 Å². The molecule has 0 aliphatic carbocycles. The van der Waals surface area contributed by atoms with Crippen molar-refractivity contribution in [2.24, 2.45) is 4.99 Å². The summed E-state index contributed by atoms with van der Waals surface area (Å²) in [6.45, 7) is 3.57. The lowest BCUT2D eigenvalue weighted by Crippen LogP contribution is -2.06. The van der Waals surface area contributed by atoms with Gasteiger partial charge >= 0.3 is 11.9 Å². The Kier molecular flexibility index (Phi) is 6.70. The lowest BCUT2D eigenvalue weighted by Gasteiger charge is -2.12. The lowest BCUT2D eigenvalue weighted by atomic mass is 10.1. The molecule has 0 unspecified atom stereocenters. The molecule has 1 aliphatic heterocycles. The van der Waals surface area contributed by atoms with Gasteiger partial charge in [0.1, 0.15) is 0 Å². The van der Waals surface area contributed by atoms with Crippen LogP contribution in [-0.4, -0.2) is 24.4 Å². The van der Waals surface area contributed by atoms with E-state index >= 15 is 0 Å². The molecule has 0 spiro atoms. The van der Waals surface area contributed by atoms with Gasteiger partial charge in [0.25, 0.3) is 0 Å². The van der Waals surface area contributed by atoms with E-state index in [1.807, 2.05) is 31.2 Å². The molecule has 2 aromatic rings. The molecule has 0 saturated carbocycles. The molecule has 2 aromatic carbocycles. The number of aliphatic imine (C=N–C) groups is 1. The van der Waals surface area contributed by atoms with Crippen molar-refractivity contribution < 1.29 is 23.8 Å². The third-order valence-electron chi connectivity index (χ3n) is 3.59. The number of carbonyl (C=O) groups is 2. The zero-order valence-corrected chi connectivity index (χ0v) is 19.3. The van der Waals surface area contributed by atoms with Crippen LogP contribution in [0, 0.1) is 7.14 Å². The molecule has 28 heavy (non-hydrogen) atoms. The van der Waals surface area contributed by atoms with Crippen LogP contribution in [0.2, 0.25) is 0 Å². The summed E-state index contributed by atoms with van der Waals surface area (Å²) in [4.78, 5) is 27.9. The SMILES string of the molecule is CCOc1cc(/C=C2\N=C(c3ccc(I)cc3)OC2=O)cc(I)c1OC(C)=O. The summed E-state index contributed by atoms with van der Waals surface area (Å²) >= 11 is 4.26. The van der Waals surface area contributed by atoms with Gasteiger partial charge in [0, 0.05) is 16.1 Å². The molecular formula is C20H15I2NO5. The molecule has 0 radical (unpaired) electrons. The molecule has 3 rings (SSSR count). The maximum atomic E-state index is 12.2. The molecule has 8 heteroatoms. The summed E-state index contributed by atoms with van der Waals surface area (Å²) in [5, 5.41) is 0. The number of nitrogens with zero attached hydrogens (tertiary/aromatic N) is 1. The van der Waals surface area contributed by atoms with Crippen LogP contribution < -0.4 is 9.47 Å². The normalized spacial score (nSPS) is 14.6. The first-order chi connectivity index (χ1) is 13.4. The number of rotatable bonds is 5. The van der Waals surface area contributed by atoms with Crippen molar-refractivity contribution in [1.29, 1.82) is 0 Å². The fraction of sp³-hybridized carbons (Fsp3) is 0.150. The smallest absolute Gasteiger partial charge is 0.363 e. The van der Waals surface area contributed by atoms with E-state index in [4.69, 9.17) is 14.2 Å². The van der Waals surface area contributed by atoms with Gasteiger partial charge < -0.3 is 14.2 Å². The summed E-state index contributed by atoms with van der Waals surface area (Å²) in [6, 6.07) is 11.0. The quantitative estimate of drug-likeness (QED) is 0.217. The zero-order chi connectivity index (χ0) is 20.3. The monoisotopic (exact) mass is 603 g/mol. The van der Waals surface area contributed by atoms with Gasteiger partial charge in [0.05, 0.1) is 10.2 Å². The number of benzene rings is 2. The molecule has 144 valence electrons. The molecule has 1 aliphatic rings. The highest BCUT2D eigenvalue weighted by Crippen LogP contribution is 2.35. The predicted octanol–water partition coefficient (Wildman–Crippen LogP) is 4.56. The summed E-state index contributed by atoms with van der Waals surface area (Å²) < 4.78 is 17.9. The topological polar surface area (TPSA) is 74.2 Å². The third kappa shape index (κ3) is 4.90. The maximum absolute atomic E-state index is 12.2. The van der Waals surface area contributed by atoms with Crippen LogP contribution in [0.1, 0.15) is 25.0 Å². The molecule has 0 atom stereocenters. The first-order valence-corrected chi connectivity index (χ1v) is 10.5. The van der Waals surface area contributed by atoms with Crippen LogP contribution in [0.25, 0.3) is 6.08 Å². The third-order valence-corrected chi connectivity index (χ3v) is 5.11. The number of carbonyl (C=O) groups excluding carboxylic acids is 2. The minimum absolute atomic E-state index is 0.187. The van der Waals surface area contributed by atoms with Crippen molar-refractivity contribution in [1.82, 2.24) is 0 Å². The zero-order valence-electron chi connectivity index (χ0n) is 15.0. The van der Waals surface area contributed by atoms with Crippen molar-refractivity contribution in [3.05, 3.63) is 60.4 Å². The number of hydrogen-bond acceptors (Lipinski definition) is 6. The fourth-order valence-electron chi connectivity index (χ4n) is 2.46. The van der Waals surface area contributed by atoms with E-state index in [1.54, 1.807) is 18.2 Å². The second-order valence-electron chi connectivity index (χ2n) is 5.70. The van der Waals surface area contributed by atoms with Gasteiger partial charge in [0.15, 0.2) is 17.2 Å². The number of hydrogen-bond donors (Lipinski definition) is 0. The van der Waals surface area contributed by atoms with Crippen LogP contribution >= 0.6 is 45.2 Å². The van der Waals surface area contributed by atoms with E-state index in [-0.39, 0.29) is 11.6 Å². The minimum atomic E-state index is -0.523. The fourth-order valence-corrected chi connectivity index (χ4v) is 3.56. The van der Waals surface area contributed by atoms with Gasteiger partial charge in [-0.3, -0.25) is 4.79 Å². The molecule has 1 heterocycles. The van der Waals surface area contributed by atoms with Crippen molar-refractivity contribution in [3.63, 3.8) is 0 Å². The second kappa shape index (κ2) is 9.03. The van der Waals surface area contributed by atoms with Crippen molar-refractivity contribution in [2.75, 3.05) is 6.61 Å². The second-order valence-corrected chi connectivity index (χ2v) is 8.11. The van der Waals surface area contributed by atoms with Gasteiger partial charge in [0.2, 0.25) is 5.90 Å². The standard InChI is InChI=1S/C20H15I2NO5/c1-3-26-17-10-12(8-15(22)18(17)27-11(2)24)9-16-20(25)28-19(23-16)13-4-6-14(21)7-5-13/h4-10H,3H2,1-2H3/b16-9-. The highest BCUT2D eigenvalue weighted by atomic mass is 127. The Balaban J connectivity index is 1.96. The molecule has 6 nitrogen and oxygen atoms in total. The highest BCUT2D eigenvalue weighted by Gasteiger charge is 2.24. The number of esters is 2.